The lowest BCUT2D eigenvalue weighted by Crippen LogP contribution is -2.06. The van der Waals surface area contributed by atoms with Gasteiger partial charge in [0.1, 0.15) is 11.4 Å². The molecule has 164 valence electrons. The fourth-order valence-corrected chi connectivity index (χ4v) is 4.12. The zero-order valence-corrected chi connectivity index (χ0v) is 18.8. The second-order valence-corrected chi connectivity index (χ2v) is 8.27. The van der Waals surface area contributed by atoms with Crippen molar-refractivity contribution in [2.75, 3.05) is 0 Å². The number of hydrogen-bond donors (Lipinski definition) is 1. The smallest absolute Gasteiger partial charge is 0.289 e. The van der Waals surface area contributed by atoms with Gasteiger partial charge in [0, 0.05) is 29.3 Å². The van der Waals surface area contributed by atoms with Gasteiger partial charge in [0.15, 0.2) is 0 Å². The van der Waals surface area contributed by atoms with E-state index in [-0.39, 0.29) is 17.5 Å². The average molecular weight is 479 g/mol. The highest BCUT2D eigenvalue weighted by Gasteiger charge is 2.26. The minimum absolute atomic E-state index is 0.0444. The van der Waals surface area contributed by atoms with Crippen molar-refractivity contribution in [2.45, 2.75) is 13.5 Å². The number of nitrogens with zero attached hydrogens (tertiary/aromatic N) is 4. The minimum Gasteiger partial charge on any atom is -0.508 e. The fraction of sp³-hybridized carbons (Fsp3) is 0.0833. The van der Waals surface area contributed by atoms with Crippen molar-refractivity contribution in [3.63, 3.8) is 0 Å². The molecule has 5 aromatic rings. The number of aromatic nitrogens is 4. The number of rotatable bonds is 5. The van der Waals surface area contributed by atoms with Crippen LogP contribution in [-0.2, 0) is 6.54 Å². The molecule has 0 atom stereocenters. The second kappa shape index (κ2) is 8.35. The summed E-state index contributed by atoms with van der Waals surface area (Å²) in [5.74, 6) is -0.400. The molecule has 0 radical (unpaired) electrons. The maximum atomic E-state index is 13.5. The van der Waals surface area contributed by atoms with Crippen LogP contribution in [0.2, 0.25) is 10.0 Å². The SMILES string of the molecule is Cc1c(C(=O)c2nnc(-c3ccccn3)o2)c2cc(O)ccc2n1Cc1ccc(Cl)c(Cl)c1. The number of halogens is 2. The maximum Gasteiger partial charge on any atom is 0.289 e. The van der Waals surface area contributed by atoms with Gasteiger partial charge in [0.2, 0.25) is 0 Å². The quantitative estimate of drug-likeness (QED) is 0.326. The molecule has 3 heterocycles. The molecule has 3 aromatic heterocycles. The van der Waals surface area contributed by atoms with Crippen LogP contribution < -0.4 is 0 Å². The van der Waals surface area contributed by atoms with Crippen LogP contribution in [0, 0.1) is 6.92 Å². The molecule has 0 bridgehead atoms. The monoisotopic (exact) mass is 478 g/mol. The summed E-state index contributed by atoms with van der Waals surface area (Å²) in [4.78, 5) is 17.6. The highest BCUT2D eigenvalue weighted by atomic mass is 35.5. The Labute approximate surface area is 198 Å². The Bertz CT molecular complexity index is 1510. The third kappa shape index (κ3) is 3.86. The van der Waals surface area contributed by atoms with Crippen molar-refractivity contribution in [3.05, 3.63) is 93.6 Å². The molecule has 9 heteroatoms. The molecule has 0 saturated carbocycles. The summed E-state index contributed by atoms with van der Waals surface area (Å²) >= 11 is 12.2. The zero-order chi connectivity index (χ0) is 23.1. The molecule has 0 fully saturated rings. The number of phenolic OH excluding ortho intramolecular Hbond substituents is 1. The first-order chi connectivity index (χ1) is 15.9. The minimum atomic E-state index is -0.439. The maximum absolute atomic E-state index is 13.5. The Hall–Kier alpha value is -3.68. The summed E-state index contributed by atoms with van der Waals surface area (Å²) in [6.45, 7) is 2.28. The summed E-state index contributed by atoms with van der Waals surface area (Å²) < 4.78 is 7.61. The third-order valence-corrected chi connectivity index (χ3v) is 6.10. The normalized spacial score (nSPS) is 11.2. The summed E-state index contributed by atoms with van der Waals surface area (Å²) in [7, 11) is 0. The van der Waals surface area contributed by atoms with Gasteiger partial charge in [-0.2, -0.15) is 0 Å². The fourth-order valence-electron chi connectivity index (χ4n) is 3.80. The van der Waals surface area contributed by atoms with Crippen molar-refractivity contribution in [1.82, 2.24) is 19.7 Å². The van der Waals surface area contributed by atoms with E-state index in [1.807, 2.05) is 17.6 Å². The van der Waals surface area contributed by atoms with Gasteiger partial charge < -0.3 is 14.1 Å². The standard InChI is InChI=1S/C24H16Cl2N4O3/c1-13-21(22(32)24-29-28-23(33-24)19-4-2-3-9-27-19)16-11-15(31)6-8-20(16)30(13)12-14-5-7-17(25)18(26)10-14/h2-11,31H,12H2,1H3. The Morgan fingerprint density at radius 3 is 2.67 bits per heavy atom. The van der Waals surface area contributed by atoms with Crippen LogP contribution in [0.4, 0.5) is 0 Å². The molecule has 0 aliphatic heterocycles. The van der Waals surface area contributed by atoms with E-state index in [1.54, 1.807) is 54.7 Å². The molecule has 0 amide bonds. The van der Waals surface area contributed by atoms with E-state index in [9.17, 15) is 9.90 Å². The van der Waals surface area contributed by atoms with Crippen molar-refractivity contribution >= 4 is 39.9 Å². The highest BCUT2D eigenvalue weighted by molar-refractivity contribution is 6.42. The topological polar surface area (TPSA) is 94.0 Å². The lowest BCUT2D eigenvalue weighted by Gasteiger charge is -2.10. The van der Waals surface area contributed by atoms with Crippen LogP contribution in [-0.4, -0.2) is 30.6 Å². The van der Waals surface area contributed by atoms with E-state index in [2.05, 4.69) is 15.2 Å². The highest BCUT2D eigenvalue weighted by Crippen LogP contribution is 2.32. The average Bonchev–Trinajstić information content (AvgIpc) is 3.40. The number of phenols is 1. The molecule has 0 spiro atoms. The lowest BCUT2D eigenvalue weighted by molar-refractivity contribution is 0.100. The molecule has 0 saturated heterocycles. The molecule has 7 nitrogen and oxygen atoms in total. The van der Waals surface area contributed by atoms with E-state index in [1.165, 1.54) is 0 Å². The number of pyridine rings is 1. The van der Waals surface area contributed by atoms with Crippen molar-refractivity contribution in [3.8, 4) is 17.3 Å². The van der Waals surface area contributed by atoms with Crippen LogP contribution in [0.3, 0.4) is 0 Å². The van der Waals surface area contributed by atoms with Gasteiger partial charge in [-0.3, -0.25) is 9.78 Å². The van der Waals surface area contributed by atoms with Crippen molar-refractivity contribution in [1.29, 1.82) is 0 Å². The molecule has 33 heavy (non-hydrogen) atoms. The number of hydrogen-bond acceptors (Lipinski definition) is 6. The predicted molar refractivity (Wildman–Crippen MR) is 125 cm³/mol. The molecular formula is C24H16Cl2N4O3. The Morgan fingerprint density at radius 2 is 1.91 bits per heavy atom. The van der Waals surface area contributed by atoms with Gasteiger partial charge >= 0.3 is 0 Å². The number of fused-ring (bicyclic) bond motifs is 1. The molecule has 0 unspecified atom stereocenters. The number of carbonyl (C=O) groups is 1. The van der Waals surface area contributed by atoms with Crippen LogP contribution in [0.1, 0.15) is 27.5 Å². The molecule has 0 aliphatic carbocycles. The first-order valence-electron chi connectivity index (χ1n) is 9.97. The zero-order valence-electron chi connectivity index (χ0n) is 17.3. The first kappa shape index (κ1) is 21.2. The van der Waals surface area contributed by atoms with Gasteiger partial charge in [0.25, 0.3) is 17.6 Å². The predicted octanol–water partition coefficient (Wildman–Crippen LogP) is 5.69. The largest absolute Gasteiger partial charge is 0.508 e. The third-order valence-electron chi connectivity index (χ3n) is 5.36. The van der Waals surface area contributed by atoms with E-state index in [4.69, 9.17) is 27.6 Å². The Balaban J connectivity index is 1.60. The molecular weight excluding hydrogens is 463 g/mol. The Kier molecular flexibility index (Phi) is 5.36. The molecule has 2 aromatic carbocycles. The number of ketones is 1. The van der Waals surface area contributed by atoms with Crippen LogP contribution >= 0.6 is 23.2 Å². The van der Waals surface area contributed by atoms with Crippen molar-refractivity contribution in [2.24, 2.45) is 0 Å². The summed E-state index contributed by atoms with van der Waals surface area (Å²) in [6.07, 6.45) is 1.60. The van der Waals surface area contributed by atoms with E-state index >= 15 is 0 Å². The van der Waals surface area contributed by atoms with E-state index in [0.717, 1.165) is 11.1 Å². The van der Waals surface area contributed by atoms with E-state index in [0.29, 0.717) is 38.9 Å². The van der Waals surface area contributed by atoms with Crippen molar-refractivity contribution < 1.29 is 14.3 Å². The molecule has 0 aliphatic rings. The first-order valence-corrected chi connectivity index (χ1v) is 10.7. The number of benzene rings is 2. The van der Waals surface area contributed by atoms with E-state index < -0.39 is 5.78 Å². The lowest BCUT2D eigenvalue weighted by atomic mass is 10.1. The van der Waals surface area contributed by atoms with Gasteiger partial charge in [-0.25, -0.2) is 0 Å². The summed E-state index contributed by atoms with van der Waals surface area (Å²) in [5, 5.41) is 19.5. The number of carbonyl (C=O) groups excluding carboxylic acids is 1. The molecule has 5 rings (SSSR count). The Morgan fingerprint density at radius 1 is 1.06 bits per heavy atom. The van der Waals surface area contributed by atoms with Gasteiger partial charge in [-0.05, 0) is 55.0 Å². The van der Waals surface area contributed by atoms with Crippen LogP contribution in [0.25, 0.3) is 22.5 Å². The number of aromatic hydroxyl groups is 1. The summed E-state index contributed by atoms with van der Waals surface area (Å²) in [6, 6.07) is 15.6. The van der Waals surface area contributed by atoms with Gasteiger partial charge in [0.05, 0.1) is 15.6 Å². The molecule has 1 N–H and O–H groups in total. The second-order valence-electron chi connectivity index (χ2n) is 7.45. The van der Waals surface area contributed by atoms with Crippen LogP contribution in [0.5, 0.6) is 5.75 Å². The van der Waals surface area contributed by atoms with Crippen LogP contribution in [0.15, 0.2) is 65.2 Å². The summed E-state index contributed by atoms with van der Waals surface area (Å²) in [5.41, 5.74) is 3.21. The van der Waals surface area contributed by atoms with Gasteiger partial charge in [-0.15, -0.1) is 10.2 Å². The van der Waals surface area contributed by atoms with Gasteiger partial charge in [-0.1, -0.05) is 35.3 Å².